The standard InChI is InChI=1S/C11H20ClN/c1-9(2)4-5-13(3)8-10-6-11(12)7-10/h4,10-11H,5-8H2,1-3H3. The summed E-state index contributed by atoms with van der Waals surface area (Å²) in [6, 6.07) is 0. The summed E-state index contributed by atoms with van der Waals surface area (Å²) in [5.74, 6) is 0.845. The summed E-state index contributed by atoms with van der Waals surface area (Å²) in [6.45, 7) is 6.57. The van der Waals surface area contributed by atoms with Gasteiger partial charge in [-0.25, -0.2) is 0 Å². The highest BCUT2D eigenvalue weighted by molar-refractivity contribution is 6.21. The second-order valence-corrected chi connectivity index (χ2v) is 5.05. The fourth-order valence-corrected chi connectivity index (χ4v) is 2.16. The predicted octanol–water partition coefficient (Wildman–Crippen LogP) is 2.90. The molecule has 0 amide bonds. The fourth-order valence-electron chi connectivity index (χ4n) is 1.66. The Morgan fingerprint density at radius 1 is 1.46 bits per heavy atom. The maximum Gasteiger partial charge on any atom is 0.0342 e. The monoisotopic (exact) mass is 201 g/mol. The van der Waals surface area contributed by atoms with Crippen LogP contribution in [0.2, 0.25) is 0 Å². The highest BCUT2D eigenvalue weighted by Gasteiger charge is 2.27. The van der Waals surface area contributed by atoms with Gasteiger partial charge in [0.25, 0.3) is 0 Å². The van der Waals surface area contributed by atoms with E-state index in [9.17, 15) is 0 Å². The minimum Gasteiger partial charge on any atom is -0.302 e. The first-order valence-corrected chi connectivity index (χ1v) is 5.47. The number of alkyl halides is 1. The molecule has 1 fully saturated rings. The molecule has 1 nitrogen and oxygen atoms in total. The molecule has 1 aliphatic carbocycles. The second-order valence-electron chi connectivity index (χ2n) is 4.44. The van der Waals surface area contributed by atoms with Crippen LogP contribution in [0, 0.1) is 5.92 Å². The van der Waals surface area contributed by atoms with Gasteiger partial charge >= 0.3 is 0 Å². The SMILES string of the molecule is CC(C)=CCN(C)CC1CC(Cl)C1. The summed E-state index contributed by atoms with van der Waals surface area (Å²) in [5, 5.41) is 0.460. The molecule has 1 rings (SSSR count). The van der Waals surface area contributed by atoms with Crippen molar-refractivity contribution < 1.29 is 0 Å². The zero-order valence-corrected chi connectivity index (χ0v) is 9.64. The third-order valence-corrected chi connectivity index (χ3v) is 2.92. The van der Waals surface area contributed by atoms with Crippen molar-refractivity contribution in [3.63, 3.8) is 0 Å². The summed E-state index contributed by atoms with van der Waals surface area (Å²) >= 11 is 5.92. The number of rotatable bonds is 4. The summed E-state index contributed by atoms with van der Waals surface area (Å²) in [4.78, 5) is 2.38. The Bertz CT molecular complexity index is 179. The van der Waals surface area contributed by atoms with Crippen LogP contribution in [-0.2, 0) is 0 Å². The van der Waals surface area contributed by atoms with Gasteiger partial charge in [-0.05, 0) is 39.7 Å². The summed E-state index contributed by atoms with van der Waals surface area (Å²) < 4.78 is 0. The largest absolute Gasteiger partial charge is 0.302 e. The number of nitrogens with zero attached hydrogens (tertiary/aromatic N) is 1. The van der Waals surface area contributed by atoms with E-state index in [1.165, 1.54) is 25.0 Å². The topological polar surface area (TPSA) is 3.24 Å². The Morgan fingerprint density at radius 3 is 2.54 bits per heavy atom. The fraction of sp³-hybridized carbons (Fsp3) is 0.818. The van der Waals surface area contributed by atoms with Crippen molar-refractivity contribution in [2.75, 3.05) is 20.1 Å². The van der Waals surface area contributed by atoms with Gasteiger partial charge in [-0.15, -0.1) is 11.6 Å². The molecule has 0 unspecified atom stereocenters. The first-order chi connectivity index (χ1) is 6.08. The smallest absolute Gasteiger partial charge is 0.0342 e. The molecule has 0 bridgehead atoms. The average molecular weight is 202 g/mol. The molecule has 1 saturated carbocycles. The third-order valence-electron chi connectivity index (χ3n) is 2.56. The van der Waals surface area contributed by atoms with E-state index in [0.717, 1.165) is 12.5 Å². The average Bonchev–Trinajstić information content (AvgIpc) is 1.98. The lowest BCUT2D eigenvalue weighted by Crippen LogP contribution is -2.34. The van der Waals surface area contributed by atoms with E-state index in [1.807, 2.05) is 0 Å². The highest BCUT2D eigenvalue weighted by atomic mass is 35.5. The van der Waals surface area contributed by atoms with Crippen molar-refractivity contribution in [1.29, 1.82) is 0 Å². The maximum absolute atomic E-state index is 5.92. The first kappa shape index (κ1) is 11.1. The summed E-state index contributed by atoms with van der Waals surface area (Å²) in [6.07, 6.45) is 4.69. The molecule has 0 saturated heterocycles. The molecule has 0 N–H and O–H groups in total. The van der Waals surface area contributed by atoms with Gasteiger partial charge in [0, 0.05) is 18.5 Å². The van der Waals surface area contributed by atoms with Crippen LogP contribution in [0.25, 0.3) is 0 Å². The van der Waals surface area contributed by atoms with E-state index in [0.29, 0.717) is 5.38 Å². The highest BCUT2D eigenvalue weighted by Crippen LogP contribution is 2.32. The van der Waals surface area contributed by atoms with Crippen LogP contribution in [0.3, 0.4) is 0 Å². The van der Waals surface area contributed by atoms with E-state index in [4.69, 9.17) is 11.6 Å². The minimum atomic E-state index is 0.460. The number of hydrogen-bond donors (Lipinski definition) is 0. The van der Waals surface area contributed by atoms with Crippen LogP contribution in [0.4, 0.5) is 0 Å². The Balaban J connectivity index is 2.11. The summed E-state index contributed by atoms with van der Waals surface area (Å²) in [7, 11) is 2.18. The van der Waals surface area contributed by atoms with Crippen LogP contribution < -0.4 is 0 Å². The zero-order chi connectivity index (χ0) is 9.84. The molecule has 0 spiro atoms. The number of allylic oxidation sites excluding steroid dienone is 1. The van der Waals surface area contributed by atoms with Gasteiger partial charge in [-0.3, -0.25) is 0 Å². The van der Waals surface area contributed by atoms with Gasteiger partial charge in [-0.2, -0.15) is 0 Å². The lowest BCUT2D eigenvalue weighted by Gasteiger charge is -2.33. The van der Waals surface area contributed by atoms with Crippen molar-refractivity contribution >= 4 is 11.6 Å². The maximum atomic E-state index is 5.92. The lowest BCUT2D eigenvalue weighted by molar-refractivity contribution is 0.222. The van der Waals surface area contributed by atoms with Gasteiger partial charge in [0.2, 0.25) is 0 Å². The van der Waals surface area contributed by atoms with E-state index in [1.54, 1.807) is 0 Å². The molecule has 0 aromatic carbocycles. The quantitative estimate of drug-likeness (QED) is 0.500. The zero-order valence-electron chi connectivity index (χ0n) is 8.89. The molecule has 0 atom stereocenters. The molecule has 76 valence electrons. The van der Waals surface area contributed by atoms with Crippen molar-refractivity contribution in [3.05, 3.63) is 11.6 Å². The number of halogens is 1. The molecule has 0 aliphatic heterocycles. The van der Waals surface area contributed by atoms with Gasteiger partial charge in [0.15, 0.2) is 0 Å². The molecule has 0 radical (unpaired) electrons. The molecule has 0 aromatic rings. The van der Waals surface area contributed by atoms with E-state index < -0.39 is 0 Å². The summed E-state index contributed by atoms with van der Waals surface area (Å²) in [5.41, 5.74) is 1.40. The Hall–Kier alpha value is -0.0100. The van der Waals surface area contributed by atoms with Crippen LogP contribution in [0.1, 0.15) is 26.7 Å². The molecule has 13 heavy (non-hydrogen) atoms. The third kappa shape index (κ3) is 4.15. The van der Waals surface area contributed by atoms with E-state index in [2.05, 4.69) is 31.9 Å². The Kier molecular flexibility index (Phi) is 4.27. The van der Waals surface area contributed by atoms with Gasteiger partial charge < -0.3 is 4.90 Å². The Labute approximate surface area is 86.8 Å². The number of likely N-dealkylation sites (N-methyl/N-ethyl adjacent to an activating group) is 1. The van der Waals surface area contributed by atoms with Crippen LogP contribution >= 0.6 is 11.6 Å². The molecular weight excluding hydrogens is 182 g/mol. The number of hydrogen-bond acceptors (Lipinski definition) is 1. The van der Waals surface area contributed by atoms with E-state index >= 15 is 0 Å². The van der Waals surface area contributed by atoms with Crippen molar-refractivity contribution in [1.82, 2.24) is 4.90 Å². The van der Waals surface area contributed by atoms with Gasteiger partial charge in [0.05, 0.1) is 0 Å². The van der Waals surface area contributed by atoms with E-state index in [-0.39, 0.29) is 0 Å². The van der Waals surface area contributed by atoms with Crippen molar-refractivity contribution in [3.8, 4) is 0 Å². The lowest BCUT2D eigenvalue weighted by atomic mass is 9.84. The molecule has 0 heterocycles. The Morgan fingerprint density at radius 2 is 2.08 bits per heavy atom. The van der Waals surface area contributed by atoms with Gasteiger partial charge in [0.1, 0.15) is 0 Å². The normalized spacial score (nSPS) is 27.2. The molecule has 2 heteroatoms. The predicted molar refractivity (Wildman–Crippen MR) is 59.3 cm³/mol. The molecule has 0 aromatic heterocycles. The molecule has 1 aliphatic rings. The van der Waals surface area contributed by atoms with Crippen LogP contribution in [-0.4, -0.2) is 30.4 Å². The molecular formula is C11H20ClN. The second kappa shape index (κ2) is 5.02. The van der Waals surface area contributed by atoms with Crippen LogP contribution in [0.5, 0.6) is 0 Å². The minimum absolute atomic E-state index is 0.460. The van der Waals surface area contributed by atoms with Gasteiger partial charge in [-0.1, -0.05) is 11.6 Å². The van der Waals surface area contributed by atoms with Crippen molar-refractivity contribution in [2.45, 2.75) is 32.1 Å². The van der Waals surface area contributed by atoms with Crippen LogP contribution in [0.15, 0.2) is 11.6 Å². The first-order valence-electron chi connectivity index (χ1n) is 5.04. The van der Waals surface area contributed by atoms with Crippen molar-refractivity contribution in [2.24, 2.45) is 5.92 Å².